The van der Waals surface area contributed by atoms with Crippen molar-refractivity contribution in [2.45, 2.75) is 18.2 Å². The SMILES string of the molecule is CN(Cc1cccc(-c2ccccc2)c1CC1SC(=O)NC1=O)C(=O)Nc1ccccc1. The quantitative estimate of drug-likeness (QED) is 0.565. The van der Waals surface area contributed by atoms with E-state index in [9.17, 15) is 14.4 Å². The normalized spacial score (nSPS) is 15.3. The van der Waals surface area contributed by atoms with E-state index in [-0.39, 0.29) is 17.2 Å². The lowest BCUT2D eigenvalue weighted by Gasteiger charge is -2.22. The van der Waals surface area contributed by atoms with E-state index in [0.717, 1.165) is 39.7 Å². The van der Waals surface area contributed by atoms with Crippen molar-refractivity contribution < 1.29 is 14.4 Å². The van der Waals surface area contributed by atoms with Gasteiger partial charge in [0.2, 0.25) is 5.91 Å². The van der Waals surface area contributed by atoms with E-state index in [2.05, 4.69) is 10.6 Å². The van der Waals surface area contributed by atoms with Crippen molar-refractivity contribution >= 4 is 34.6 Å². The molecular weight excluding hydrogens is 422 g/mol. The van der Waals surface area contributed by atoms with Gasteiger partial charge in [-0.05, 0) is 40.8 Å². The van der Waals surface area contributed by atoms with Gasteiger partial charge in [-0.3, -0.25) is 14.9 Å². The van der Waals surface area contributed by atoms with E-state index in [0.29, 0.717) is 13.0 Å². The Bertz CT molecular complexity index is 1140. The second kappa shape index (κ2) is 9.70. The zero-order valence-electron chi connectivity index (χ0n) is 17.6. The largest absolute Gasteiger partial charge is 0.323 e. The van der Waals surface area contributed by atoms with E-state index in [1.165, 1.54) is 0 Å². The van der Waals surface area contributed by atoms with Gasteiger partial charge in [-0.2, -0.15) is 0 Å². The van der Waals surface area contributed by atoms with Crippen LogP contribution in [0.4, 0.5) is 15.3 Å². The molecule has 0 radical (unpaired) electrons. The summed E-state index contributed by atoms with van der Waals surface area (Å²) >= 11 is 1.02. The molecule has 3 aromatic carbocycles. The fourth-order valence-corrected chi connectivity index (χ4v) is 4.53. The molecule has 0 bridgehead atoms. The molecule has 1 unspecified atom stereocenters. The third kappa shape index (κ3) is 5.00. The Balaban J connectivity index is 1.62. The molecule has 1 aliphatic heterocycles. The number of benzene rings is 3. The Morgan fingerprint density at radius 2 is 1.66 bits per heavy atom. The molecule has 7 heteroatoms. The zero-order chi connectivity index (χ0) is 22.5. The lowest BCUT2D eigenvalue weighted by molar-refractivity contribution is -0.118. The maximum atomic E-state index is 12.7. The third-order valence-corrected chi connectivity index (χ3v) is 6.28. The molecule has 1 heterocycles. The number of carbonyl (C=O) groups is 3. The van der Waals surface area contributed by atoms with Crippen molar-refractivity contribution in [1.29, 1.82) is 0 Å². The summed E-state index contributed by atoms with van der Waals surface area (Å²) in [6, 6.07) is 24.9. The molecule has 0 aromatic heterocycles. The highest BCUT2D eigenvalue weighted by Crippen LogP contribution is 2.32. The highest BCUT2D eigenvalue weighted by molar-refractivity contribution is 8.15. The maximum absolute atomic E-state index is 12.7. The lowest BCUT2D eigenvalue weighted by atomic mass is 9.92. The van der Waals surface area contributed by atoms with Crippen LogP contribution in [-0.2, 0) is 17.8 Å². The first-order valence-electron chi connectivity index (χ1n) is 10.3. The predicted molar refractivity (Wildman–Crippen MR) is 127 cm³/mol. The van der Waals surface area contributed by atoms with Gasteiger partial charge in [0.1, 0.15) is 0 Å². The minimum absolute atomic E-state index is 0.226. The molecule has 32 heavy (non-hydrogen) atoms. The second-order valence-corrected chi connectivity index (χ2v) is 8.72. The molecule has 0 saturated carbocycles. The number of rotatable bonds is 6. The molecule has 0 spiro atoms. The van der Waals surface area contributed by atoms with Crippen LogP contribution in [0.25, 0.3) is 11.1 Å². The number of thioether (sulfide) groups is 1. The van der Waals surface area contributed by atoms with Gasteiger partial charge in [0.15, 0.2) is 0 Å². The first-order chi connectivity index (χ1) is 15.5. The van der Waals surface area contributed by atoms with Gasteiger partial charge in [-0.15, -0.1) is 0 Å². The van der Waals surface area contributed by atoms with Gasteiger partial charge in [0, 0.05) is 19.3 Å². The molecule has 2 N–H and O–H groups in total. The molecular formula is C25H23N3O3S. The Kier molecular flexibility index (Phi) is 6.56. The molecule has 1 saturated heterocycles. The van der Waals surface area contributed by atoms with Gasteiger partial charge in [-0.25, -0.2) is 4.79 Å². The Labute approximate surface area is 191 Å². The fourth-order valence-electron chi connectivity index (χ4n) is 3.69. The van der Waals surface area contributed by atoms with Crippen molar-refractivity contribution in [3.63, 3.8) is 0 Å². The number of para-hydroxylation sites is 1. The van der Waals surface area contributed by atoms with Crippen molar-refractivity contribution in [1.82, 2.24) is 10.2 Å². The fraction of sp³-hybridized carbons (Fsp3) is 0.160. The molecule has 0 aliphatic carbocycles. The van der Waals surface area contributed by atoms with E-state index in [1.54, 1.807) is 11.9 Å². The predicted octanol–water partition coefficient (Wildman–Crippen LogP) is 4.91. The summed E-state index contributed by atoms with van der Waals surface area (Å²) in [5, 5.41) is 4.44. The summed E-state index contributed by atoms with van der Waals surface area (Å²) in [5.41, 5.74) is 4.63. The first-order valence-corrected chi connectivity index (χ1v) is 11.1. The molecule has 1 aliphatic rings. The van der Waals surface area contributed by atoms with Crippen LogP contribution in [0, 0.1) is 0 Å². The van der Waals surface area contributed by atoms with Crippen molar-refractivity contribution in [2.24, 2.45) is 0 Å². The minimum atomic E-state index is -0.491. The smallest absolute Gasteiger partial charge is 0.321 e. The first kappa shape index (κ1) is 21.6. The van der Waals surface area contributed by atoms with E-state index < -0.39 is 5.25 Å². The molecule has 1 fully saturated rings. The number of nitrogens with one attached hydrogen (secondary N) is 2. The van der Waals surface area contributed by atoms with Crippen LogP contribution < -0.4 is 10.6 Å². The summed E-state index contributed by atoms with van der Waals surface area (Å²) in [6.45, 7) is 0.363. The number of hydrogen-bond acceptors (Lipinski definition) is 4. The number of imide groups is 1. The van der Waals surface area contributed by atoms with Crippen LogP contribution >= 0.6 is 11.8 Å². The summed E-state index contributed by atoms with van der Waals surface area (Å²) in [7, 11) is 1.73. The molecule has 6 nitrogen and oxygen atoms in total. The Morgan fingerprint density at radius 3 is 2.31 bits per heavy atom. The van der Waals surface area contributed by atoms with E-state index in [1.807, 2.05) is 78.9 Å². The highest BCUT2D eigenvalue weighted by atomic mass is 32.2. The third-order valence-electron chi connectivity index (χ3n) is 5.29. The van der Waals surface area contributed by atoms with Crippen LogP contribution in [0.3, 0.4) is 0 Å². The van der Waals surface area contributed by atoms with Gasteiger partial charge in [-0.1, -0.05) is 78.5 Å². The van der Waals surface area contributed by atoms with Gasteiger partial charge < -0.3 is 10.2 Å². The van der Waals surface area contributed by atoms with E-state index in [4.69, 9.17) is 0 Å². The van der Waals surface area contributed by atoms with Gasteiger partial charge >= 0.3 is 6.03 Å². The van der Waals surface area contributed by atoms with Gasteiger partial charge in [0.25, 0.3) is 5.24 Å². The Morgan fingerprint density at radius 1 is 0.969 bits per heavy atom. The zero-order valence-corrected chi connectivity index (χ0v) is 18.4. The standard InChI is InChI=1S/C25H23N3O3S/c1-28(24(30)26-19-12-6-3-7-13-19)16-18-11-8-14-20(17-9-4-2-5-10-17)21(18)15-22-23(29)27-25(31)32-22/h2-14,22H,15-16H2,1H3,(H,26,30)(H,27,29,31). The van der Waals surface area contributed by atoms with Gasteiger partial charge in [0.05, 0.1) is 5.25 Å². The summed E-state index contributed by atoms with van der Waals surface area (Å²) < 4.78 is 0. The van der Waals surface area contributed by atoms with Crippen LogP contribution in [0.5, 0.6) is 0 Å². The summed E-state index contributed by atoms with van der Waals surface area (Å²) in [4.78, 5) is 38.3. The molecule has 4 rings (SSSR count). The van der Waals surface area contributed by atoms with Crippen LogP contribution in [0.15, 0.2) is 78.9 Å². The van der Waals surface area contributed by atoms with E-state index >= 15 is 0 Å². The van der Waals surface area contributed by atoms with Crippen LogP contribution in [0.2, 0.25) is 0 Å². The highest BCUT2D eigenvalue weighted by Gasteiger charge is 2.33. The molecule has 4 amide bonds. The molecule has 162 valence electrons. The number of urea groups is 1. The van der Waals surface area contributed by atoms with Crippen molar-refractivity contribution in [2.75, 3.05) is 12.4 Å². The number of hydrogen-bond donors (Lipinski definition) is 2. The minimum Gasteiger partial charge on any atom is -0.323 e. The van der Waals surface area contributed by atoms with Crippen LogP contribution in [-0.4, -0.2) is 34.4 Å². The average molecular weight is 446 g/mol. The van der Waals surface area contributed by atoms with Crippen LogP contribution in [0.1, 0.15) is 11.1 Å². The van der Waals surface area contributed by atoms with Crippen molar-refractivity contribution in [3.8, 4) is 11.1 Å². The molecule has 3 aromatic rings. The number of carbonyl (C=O) groups excluding carboxylic acids is 3. The topological polar surface area (TPSA) is 78.5 Å². The number of nitrogens with zero attached hydrogens (tertiary/aromatic N) is 1. The summed E-state index contributed by atoms with van der Waals surface area (Å²) in [5.74, 6) is -0.274. The second-order valence-electron chi connectivity index (χ2n) is 7.55. The monoisotopic (exact) mass is 445 g/mol. The maximum Gasteiger partial charge on any atom is 0.321 e. The lowest BCUT2D eigenvalue weighted by Crippen LogP contribution is -2.31. The summed E-state index contributed by atoms with van der Waals surface area (Å²) in [6.07, 6.45) is 0.400. The molecule has 1 atom stereocenters. The Hall–Kier alpha value is -3.58. The van der Waals surface area contributed by atoms with Crippen molar-refractivity contribution in [3.05, 3.63) is 90.0 Å². The number of anilines is 1. The average Bonchev–Trinajstić information content (AvgIpc) is 3.12. The number of amides is 4.